The molecule has 0 radical (unpaired) electrons. The molecule has 4 N–H and O–H groups in total. The van der Waals surface area contributed by atoms with Gasteiger partial charge in [0.2, 0.25) is 0 Å². The van der Waals surface area contributed by atoms with Gasteiger partial charge in [-0.1, -0.05) is 18.2 Å². The van der Waals surface area contributed by atoms with Crippen LogP contribution in [-0.2, 0) is 0 Å². The predicted octanol–water partition coefficient (Wildman–Crippen LogP) is 3.05. The van der Waals surface area contributed by atoms with Crippen molar-refractivity contribution in [1.29, 1.82) is 0 Å². The Morgan fingerprint density at radius 1 is 1.19 bits per heavy atom. The third-order valence-electron chi connectivity index (χ3n) is 2.89. The summed E-state index contributed by atoms with van der Waals surface area (Å²) in [6.45, 7) is 2.08. The number of nitrogens with two attached hydrogens (primary N) is 1. The van der Waals surface area contributed by atoms with E-state index in [1.165, 1.54) is 16.6 Å². The number of aromatic nitrogens is 2. The number of anilines is 1. The summed E-state index contributed by atoms with van der Waals surface area (Å²) in [5.41, 5.74) is 10.4. The molecule has 0 amide bonds. The van der Waals surface area contributed by atoms with E-state index in [-0.39, 0.29) is 0 Å². The molecule has 0 unspecified atom stereocenters. The van der Waals surface area contributed by atoms with Crippen molar-refractivity contribution in [3.8, 4) is 11.1 Å². The lowest BCUT2D eigenvalue weighted by molar-refractivity contribution is 1.30. The third kappa shape index (κ3) is 1.21. The van der Waals surface area contributed by atoms with Crippen molar-refractivity contribution < 1.29 is 0 Å². The van der Waals surface area contributed by atoms with Crippen molar-refractivity contribution in [2.75, 3.05) is 5.73 Å². The summed E-state index contributed by atoms with van der Waals surface area (Å²) in [6.07, 6.45) is 1.94. The third-order valence-corrected chi connectivity index (χ3v) is 2.89. The van der Waals surface area contributed by atoms with Crippen molar-refractivity contribution >= 4 is 16.7 Å². The first-order valence-electron chi connectivity index (χ1n) is 5.27. The van der Waals surface area contributed by atoms with Crippen LogP contribution in [0.5, 0.6) is 0 Å². The van der Waals surface area contributed by atoms with Crippen LogP contribution in [0, 0.1) is 6.92 Å². The van der Waals surface area contributed by atoms with Crippen LogP contribution in [0.2, 0.25) is 0 Å². The second kappa shape index (κ2) is 3.17. The summed E-state index contributed by atoms with van der Waals surface area (Å²) in [5.74, 6) is 0.694. The highest BCUT2D eigenvalue weighted by Gasteiger charge is 2.10. The summed E-state index contributed by atoms with van der Waals surface area (Å²) in [5, 5.41) is 1.24. The first-order chi connectivity index (χ1) is 7.75. The van der Waals surface area contributed by atoms with Gasteiger partial charge in [-0.05, 0) is 19.1 Å². The van der Waals surface area contributed by atoms with E-state index < -0.39 is 0 Å². The summed E-state index contributed by atoms with van der Waals surface area (Å²) >= 11 is 0. The molecule has 0 fully saturated rings. The van der Waals surface area contributed by atoms with Crippen molar-refractivity contribution in [1.82, 2.24) is 9.97 Å². The van der Waals surface area contributed by atoms with E-state index in [4.69, 9.17) is 5.73 Å². The number of H-pyrrole nitrogens is 2. The van der Waals surface area contributed by atoms with E-state index in [2.05, 4.69) is 35.1 Å². The molecule has 3 rings (SSSR count). The Morgan fingerprint density at radius 2 is 2.00 bits per heavy atom. The van der Waals surface area contributed by atoms with E-state index in [0.717, 1.165) is 11.1 Å². The maximum atomic E-state index is 5.71. The quantitative estimate of drug-likeness (QED) is 0.569. The molecule has 2 aromatic heterocycles. The van der Waals surface area contributed by atoms with Crippen LogP contribution in [0.3, 0.4) is 0 Å². The standard InChI is InChI=1S/C13H13N3/c1-8-13(9-6-12(14)15-7-9)10-4-2-3-5-11(10)16-8/h2-7,15-16H,14H2,1H3. The van der Waals surface area contributed by atoms with Crippen LogP contribution in [0.15, 0.2) is 36.5 Å². The largest absolute Gasteiger partial charge is 0.385 e. The second-order valence-electron chi connectivity index (χ2n) is 4.01. The van der Waals surface area contributed by atoms with Gasteiger partial charge in [0.25, 0.3) is 0 Å². The van der Waals surface area contributed by atoms with Crippen molar-refractivity contribution in [2.45, 2.75) is 6.92 Å². The summed E-state index contributed by atoms with van der Waals surface area (Å²) in [6, 6.07) is 10.3. The number of nitrogens with one attached hydrogen (secondary N) is 2. The normalized spacial score (nSPS) is 11.1. The summed E-state index contributed by atoms with van der Waals surface area (Å²) in [4.78, 5) is 6.39. The SMILES string of the molecule is Cc1[nH]c2ccccc2c1-c1c[nH]c(N)c1. The molecule has 0 aliphatic heterocycles. The molecular weight excluding hydrogens is 198 g/mol. The molecule has 3 nitrogen and oxygen atoms in total. The van der Waals surface area contributed by atoms with E-state index in [1.807, 2.05) is 18.3 Å². The van der Waals surface area contributed by atoms with E-state index >= 15 is 0 Å². The van der Waals surface area contributed by atoms with E-state index in [9.17, 15) is 0 Å². The maximum absolute atomic E-state index is 5.71. The molecule has 16 heavy (non-hydrogen) atoms. The Labute approximate surface area is 93.3 Å². The van der Waals surface area contributed by atoms with Gasteiger partial charge in [-0.25, -0.2) is 0 Å². The fourth-order valence-corrected chi connectivity index (χ4v) is 2.20. The smallest absolute Gasteiger partial charge is 0.101 e. The number of rotatable bonds is 1. The number of hydrogen-bond acceptors (Lipinski definition) is 1. The average molecular weight is 211 g/mol. The number of fused-ring (bicyclic) bond motifs is 1. The molecule has 0 saturated heterocycles. The van der Waals surface area contributed by atoms with Gasteiger partial charge in [-0.3, -0.25) is 0 Å². The minimum atomic E-state index is 0.694. The first-order valence-corrected chi connectivity index (χ1v) is 5.27. The number of aryl methyl sites for hydroxylation is 1. The van der Waals surface area contributed by atoms with Crippen LogP contribution >= 0.6 is 0 Å². The lowest BCUT2D eigenvalue weighted by atomic mass is 10.1. The van der Waals surface area contributed by atoms with Crippen molar-refractivity contribution in [3.05, 3.63) is 42.2 Å². The Balaban J connectivity index is 2.34. The van der Waals surface area contributed by atoms with Gasteiger partial charge in [0, 0.05) is 33.9 Å². The fourth-order valence-electron chi connectivity index (χ4n) is 2.20. The highest BCUT2D eigenvalue weighted by atomic mass is 14.8. The molecule has 0 spiro atoms. The average Bonchev–Trinajstić information content (AvgIpc) is 2.80. The van der Waals surface area contributed by atoms with Gasteiger partial charge < -0.3 is 15.7 Å². The molecular formula is C13H13N3. The predicted molar refractivity (Wildman–Crippen MR) is 67.2 cm³/mol. The van der Waals surface area contributed by atoms with Gasteiger partial charge in [0.05, 0.1) is 0 Å². The van der Waals surface area contributed by atoms with Crippen LogP contribution in [0.4, 0.5) is 5.82 Å². The summed E-state index contributed by atoms with van der Waals surface area (Å²) in [7, 11) is 0. The number of para-hydroxylation sites is 1. The van der Waals surface area contributed by atoms with Crippen molar-refractivity contribution in [3.63, 3.8) is 0 Å². The van der Waals surface area contributed by atoms with Gasteiger partial charge in [0.1, 0.15) is 5.82 Å². The number of hydrogen-bond donors (Lipinski definition) is 3. The zero-order valence-corrected chi connectivity index (χ0v) is 9.04. The number of benzene rings is 1. The highest BCUT2D eigenvalue weighted by Crippen LogP contribution is 2.32. The first kappa shape index (κ1) is 9.09. The van der Waals surface area contributed by atoms with E-state index in [1.54, 1.807) is 0 Å². The molecule has 2 heterocycles. The topological polar surface area (TPSA) is 57.6 Å². The minimum Gasteiger partial charge on any atom is -0.385 e. The zero-order chi connectivity index (χ0) is 11.1. The Bertz CT molecular complexity index is 646. The fraction of sp³-hybridized carbons (Fsp3) is 0.0769. The van der Waals surface area contributed by atoms with Gasteiger partial charge in [-0.2, -0.15) is 0 Å². The van der Waals surface area contributed by atoms with Crippen LogP contribution < -0.4 is 5.73 Å². The summed E-state index contributed by atoms with van der Waals surface area (Å²) < 4.78 is 0. The van der Waals surface area contributed by atoms with Crippen LogP contribution in [-0.4, -0.2) is 9.97 Å². The molecule has 1 aromatic carbocycles. The van der Waals surface area contributed by atoms with Crippen LogP contribution in [0.25, 0.3) is 22.0 Å². The lowest BCUT2D eigenvalue weighted by Crippen LogP contribution is -1.80. The van der Waals surface area contributed by atoms with Gasteiger partial charge >= 0.3 is 0 Å². The lowest BCUT2D eigenvalue weighted by Gasteiger charge is -1.96. The molecule has 3 heteroatoms. The van der Waals surface area contributed by atoms with Gasteiger partial charge in [0.15, 0.2) is 0 Å². The Hall–Kier alpha value is -2.16. The second-order valence-corrected chi connectivity index (χ2v) is 4.01. The maximum Gasteiger partial charge on any atom is 0.101 e. The molecule has 80 valence electrons. The highest BCUT2D eigenvalue weighted by molar-refractivity contribution is 5.97. The monoisotopic (exact) mass is 211 g/mol. The zero-order valence-electron chi connectivity index (χ0n) is 9.04. The van der Waals surface area contributed by atoms with E-state index in [0.29, 0.717) is 5.82 Å². The molecule has 0 bridgehead atoms. The van der Waals surface area contributed by atoms with Crippen molar-refractivity contribution in [2.24, 2.45) is 0 Å². The minimum absolute atomic E-state index is 0.694. The molecule has 0 aliphatic rings. The molecule has 3 aromatic rings. The molecule has 0 saturated carbocycles. The molecule has 0 atom stereocenters. The van der Waals surface area contributed by atoms with Crippen LogP contribution in [0.1, 0.15) is 5.69 Å². The van der Waals surface area contributed by atoms with Gasteiger partial charge in [-0.15, -0.1) is 0 Å². The number of aromatic amines is 2. The Kier molecular flexibility index (Phi) is 1.80. The molecule has 0 aliphatic carbocycles. The number of nitrogen functional groups attached to an aromatic ring is 1. The Morgan fingerprint density at radius 3 is 2.75 bits per heavy atom.